The molecule has 2 aromatic carbocycles. The van der Waals surface area contributed by atoms with Crippen LogP contribution < -0.4 is 9.47 Å². The summed E-state index contributed by atoms with van der Waals surface area (Å²) in [4.78, 5) is 12.7. The van der Waals surface area contributed by atoms with E-state index in [1.54, 1.807) is 32.1 Å². The fourth-order valence-corrected chi connectivity index (χ4v) is 3.66. The van der Waals surface area contributed by atoms with Crippen molar-refractivity contribution in [2.24, 2.45) is 0 Å². The van der Waals surface area contributed by atoms with Gasteiger partial charge >= 0.3 is 0 Å². The zero-order valence-corrected chi connectivity index (χ0v) is 17.6. The number of phenolic OH excluding ortho intramolecular Hbond substituents is 1. The molecular formula is C25H26O5. The molecule has 0 saturated carbocycles. The highest BCUT2D eigenvalue weighted by molar-refractivity contribution is 6.09. The Morgan fingerprint density at radius 1 is 1.20 bits per heavy atom. The van der Waals surface area contributed by atoms with Gasteiger partial charge in [0.05, 0.1) is 11.2 Å². The maximum Gasteiger partial charge on any atom is 0.189 e. The third-order valence-corrected chi connectivity index (χ3v) is 5.45. The molecule has 30 heavy (non-hydrogen) atoms. The van der Waals surface area contributed by atoms with E-state index in [0.717, 1.165) is 16.9 Å². The highest BCUT2D eigenvalue weighted by Crippen LogP contribution is 2.40. The molecular weight excluding hydrogens is 380 g/mol. The Balaban J connectivity index is 1.54. The Hall–Kier alpha value is -3.05. The number of benzene rings is 2. The average Bonchev–Trinajstić information content (AvgIpc) is 3.11. The number of fused-ring (bicyclic) bond motifs is 2. The molecule has 0 unspecified atom stereocenters. The molecule has 0 amide bonds. The summed E-state index contributed by atoms with van der Waals surface area (Å²) in [5.41, 5.74) is 1.21. The first-order valence-electron chi connectivity index (χ1n) is 10.0. The minimum atomic E-state index is -1.05. The number of carbonyl (C=O) groups is 1. The standard InChI is InChI=1S/C25H26O5/c1-24(2)12-11-16-13-15(6-9-20(16)30-24)5-8-19(26)17-7-10-21-18(23(17)27)14-22(29-21)25(3,4)28/h5-13,22,27-28H,14H2,1-4H3/b8-5+/t22-/m0/s1. The van der Waals surface area contributed by atoms with Crippen molar-refractivity contribution in [3.63, 3.8) is 0 Å². The lowest BCUT2D eigenvalue weighted by Gasteiger charge is -2.27. The summed E-state index contributed by atoms with van der Waals surface area (Å²) in [6.07, 6.45) is 7.07. The minimum Gasteiger partial charge on any atom is -0.507 e. The maximum atomic E-state index is 12.7. The SMILES string of the molecule is CC1(C)C=Cc2cc(/C=C/C(=O)c3ccc4c(c3O)C[C@@H](C(C)(C)O)O4)ccc2O1. The molecule has 5 nitrogen and oxygen atoms in total. The smallest absolute Gasteiger partial charge is 0.189 e. The topological polar surface area (TPSA) is 76.0 Å². The van der Waals surface area contributed by atoms with Gasteiger partial charge in [0.1, 0.15) is 29.0 Å². The van der Waals surface area contributed by atoms with Crippen molar-refractivity contribution in [2.75, 3.05) is 0 Å². The maximum absolute atomic E-state index is 12.7. The molecule has 1 atom stereocenters. The molecule has 2 aliphatic rings. The van der Waals surface area contributed by atoms with Crippen LogP contribution in [0.2, 0.25) is 0 Å². The van der Waals surface area contributed by atoms with E-state index in [1.807, 2.05) is 44.2 Å². The molecule has 0 fully saturated rings. The van der Waals surface area contributed by atoms with Gasteiger partial charge < -0.3 is 19.7 Å². The van der Waals surface area contributed by atoms with E-state index >= 15 is 0 Å². The number of hydrogen-bond donors (Lipinski definition) is 2. The fraction of sp³-hybridized carbons (Fsp3) is 0.320. The number of rotatable bonds is 4. The Morgan fingerprint density at radius 2 is 1.93 bits per heavy atom. The van der Waals surface area contributed by atoms with E-state index in [2.05, 4.69) is 0 Å². The summed E-state index contributed by atoms with van der Waals surface area (Å²) in [6, 6.07) is 8.97. The van der Waals surface area contributed by atoms with Gasteiger partial charge in [0.2, 0.25) is 0 Å². The van der Waals surface area contributed by atoms with E-state index in [1.165, 1.54) is 6.08 Å². The van der Waals surface area contributed by atoms with Gasteiger partial charge in [-0.25, -0.2) is 0 Å². The predicted octanol–water partition coefficient (Wildman–Crippen LogP) is 4.55. The van der Waals surface area contributed by atoms with Crippen molar-refractivity contribution in [3.05, 3.63) is 64.7 Å². The van der Waals surface area contributed by atoms with Crippen molar-refractivity contribution < 1.29 is 24.5 Å². The van der Waals surface area contributed by atoms with Crippen LogP contribution >= 0.6 is 0 Å². The second-order valence-electron chi connectivity index (χ2n) is 8.94. The molecule has 0 aromatic heterocycles. The van der Waals surface area contributed by atoms with Crippen LogP contribution in [0, 0.1) is 0 Å². The molecule has 5 heteroatoms. The van der Waals surface area contributed by atoms with Crippen LogP contribution in [0.25, 0.3) is 12.2 Å². The third kappa shape index (κ3) is 3.85. The van der Waals surface area contributed by atoms with E-state index in [-0.39, 0.29) is 22.7 Å². The van der Waals surface area contributed by atoms with Gasteiger partial charge in [-0.15, -0.1) is 0 Å². The van der Waals surface area contributed by atoms with Crippen LogP contribution in [0.5, 0.6) is 17.2 Å². The second kappa shape index (κ2) is 7.03. The summed E-state index contributed by atoms with van der Waals surface area (Å²) in [6.45, 7) is 7.32. The minimum absolute atomic E-state index is 0.0853. The van der Waals surface area contributed by atoms with Crippen molar-refractivity contribution in [1.29, 1.82) is 0 Å². The predicted molar refractivity (Wildman–Crippen MR) is 116 cm³/mol. The molecule has 2 aromatic rings. The number of aliphatic hydroxyl groups is 1. The zero-order chi connectivity index (χ0) is 21.7. The lowest BCUT2D eigenvalue weighted by molar-refractivity contribution is -0.0229. The van der Waals surface area contributed by atoms with Gasteiger partial charge in [-0.2, -0.15) is 0 Å². The van der Waals surface area contributed by atoms with Crippen molar-refractivity contribution >= 4 is 17.9 Å². The zero-order valence-electron chi connectivity index (χ0n) is 17.6. The molecule has 4 rings (SSSR count). The first kappa shape index (κ1) is 20.2. The molecule has 0 radical (unpaired) electrons. The monoisotopic (exact) mass is 406 g/mol. The number of carbonyl (C=O) groups excluding carboxylic acids is 1. The van der Waals surface area contributed by atoms with Crippen molar-refractivity contribution in [3.8, 4) is 17.2 Å². The average molecular weight is 406 g/mol. The lowest BCUT2D eigenvalue weighted by Crippen LogP contribution is -2.39. The number of allylic oxidation sites excluding steroid dienone is 1. The van der Waals surface area contributed by atoms with Crippen LogP contribution in [0.15, 0.2) is 42.5 Å². The third-order valence-electron chi connectivity index (χ3n) is 5.45. The second-order valence-corrected chi connectivity index (χ2v) is 8.94. The Bertz CT molecular complexity index is 1070. The lowest BCUT2D eigenvalue weighted by atomic mass is 9.95. The Morgan fingerprint density at radius 3 is 2.67 bits per heavy atom. The van der Waals surface area contributed by atoms with Gasteiger partial charge in [0, 0.05) is 17.5 Å². The van der Waals surface area contributed by atoms with Gasteiger partial charge in [-0.3, -0.25) is 4.79 Å². The number of ketones is 1. The van der Waals surface area contributed by atoms with Gasteiger partial charge in [0.15, 0.2) is 5.78 Å². The number of ether oxygens (including phenoxy) is 2. The summed E-state index contributed by atoms with van der Waals surface area (Å²) in [5.74, 6) is 0.929. The van der Waals surface area contributed by atoms with Crippen LogP contribution in [-0.4, -0.2) is 33.3 Å². The summed E-state index contributed by atoms with van der Waals surface area (Å²) < 4.78 is 11.6. The van der Waals surface area contributed by atoms with E-state index in [9.17, 15) is 15.0 Å². The first-order chi connectivity index (χ1) is 14.0. The molecule has 2 aliphatic heterocycles. The van der Waals surface area contributed by atoms with Gasteiger partial charge in [0.25, 0.3) is 0 Å². The van der Waals surface area contributed by atoms with E-state index in [4.69, 9.17) is 9.47 Å². The van der Waals surface area contributed by atoms with Crippen LogP contribution in [0.3, 0.4) is 0 Å². The molecule has 0 saturated heterocycles. The quantitative estimate of drug-likeness (QED) is 0.576. The van der Waals surface area contributed by atoms with E-state index < -0.39 is 11.7 Å². The molecule has 0 bridgehead atoms. The highest BCUT2D eigenvalue weighted by Gasteiger charge is 2.37. The highest BCUT2D eigenvalue weighted by atomic mass is 16.5. The largest absolute Gasteiger partial charge is 0.507 e. The Kier molecular flexibility index (Phi) is 4.74. The van der Waals surface area contributed by atoms with Gasteiger partial charge in [-0.05, 0) is 69.7 Å². The van der Waals surface area contributed by atoms with Crippen LogP contribution in [0.1, 0.15) is 54.7 Å². The molecule has 2 N–H and O–H groups in total. The number of hydrogen-bond acceptors (Lipinski definition) is 5. The fourth-order valence-electron chi connectivity index (χ4n) is 3.66. The van der Waals surface area contributed by atoms with E-state index in [0.29, 0.717) is 17.7 Å². The Labute approximate surface area is 176 Å². The molecule has 0 spiro atoms. The summed E-state index contributed by atoms with van der Waals surface area (Å²) >= 11 is 0. The van der Waals surface area contributed by atoms with Gasteiger partial charge in [-0.1, -0.05) is 18.2 Å². The molecule has 156 valence electrons. The summed E-state index contributed by atoms with van der Waals surface area (Å²) in [7, 11) is 0. The normalized spacial score (nSPS) is 19.2. The van der Waals surface area contributed by atoms with Crippen LogP contribution in [0.4, 0.5) is 0 Å². The first-order valence-corrected chi connectivity index (χ1v) is 10.0. The molecule has 0 aliphatic carbocycles. The summed E-state index contributed by atoms with van der Waals surface area (Å²) in [5, 5.41) is 20.8. The molecule has 2 heterocycles. The number of aromatic hydroxyl groups is 1. The number of phenols is 1. The van der Waals surface area contributed by atoms with Crippen molar-refractivity contribution in [1.82, 2.24) is 0 Å². The van der Waals surface area contributed by atoms with Crippen LogP contribution in [-0.2, 0) is 6.42 Å². The van der Waals surface area contributed by atoms with Crippen molar-refractivity contribution in [2.45, 2.75) is 51.4 Å².